The number of amides is 1. The Balaban J connectivity index is 2.07. The van der Waals surface area contributed by atoms with Gasteiger partial charge in [0, 0.05) is 6.04 Å². The molecule has 1 fully saturated rings. The van der Waals surface area contributed by atoms with Crippen molar-refractivity contribution in [2.45, 2.75) is 24.8 Å². The van der Waals surface area contributed by atoms with E-state index in [-0.39, 0.29) is 24.0 Å². The van der Waals surface area contributed by atoms with Crippen LogP contribution in [0.4, 0.5) is 26.3 Å². The lowest BCUT2D eigenvalue weighted by molar-refractivity contribution is -0.143. The first-order chi connectivity index (χ1) is 11.8. The summed E-state index contributed by atoms with van der Waals surface area (Å²) in [5, 5.41) is 2.31. The number of sulfone groups is 1. The average Bonchev–Trinajstić information content (AvgIpc) is 2.82. The molecule has 1 heterocycles. The van der Waals surface area contributed by atoms with Crippen LogP contribution < -0.4 is 10.1 Å². The number of hydrogen-bond acceptors (Lipinski definition) is 4. The molecule has 0 aromatic heterocycles. The van der Waals surface area contributed by atoms with Crippen molar-refractivity contribution in [1.29, 1.82) is 0 Å². The second-order valence-electron chi connectivity index (χ2n) is 5.70. The van der Waals surface area contributed by atoms with Crippen LogP contribution in [0.3, 0.4) is 0 Å². The second kappa shape index (κ2) is 6.97. The largest absolute Gasteiger partial charge is 0.484 e. The number of hydrogen-bond donors (Lipinski definition) is 1. The van der Waals surface area contributed by atoms with Gasteiger partial charge in [0.2, 0.25) is 0 Å². The van der Waals surface area contributed by atoms with Gasteiger partial charge in [0.25, 0.3) is 5.91 Å². The molecule has 1 N–H and O–H groups in total. The van der Waals surface area contributed by atoms with Gasteiger partial charge < -0.3 is 10.1 Å². The van der Waals surface area contributed by atoms with Crippen molar-refractivity contribution >= 4 is 15.7 Å². The number of ether oxygens (including phenoxy) is 1. The van der Waals surface area contributed by atoms with Crippen LogP contribution in [0, 0.1) is 0 Å². The third-order valence-electron chi connectivity index (χ3n) is 3.53. The SMILES string of the molecule is O=C(COc1cc(C(F)(F)F)cc(C(F)(F)F)c1)NC1CCS(=O)(=O)C1. The van der Waals surface area contributed by atoms with Gasteiger partial charge in [0.05, 0.1) is 22.6 Å². The van der Waals surface area contributed by atoms with Gasteiger partial charge in [-0.1, -0.05) is 0 Å². The fourth-order valence-corrected chi connectivity index (χ4v) is 4.01. The molecule has 1 aromatic carbocycles. The summed E-state index contributed by atoms with van der Waals surface area (Å²) in [6.07, 6.45) is -9.88. The zero-order valence-corrected chi connectivity index (χ0v) is 13.8. The highest BCUT2D eigenvalue weighted by molar-refractivity contribution is 7.91. The van der Waals surface area contributed by atoms with Crippen LogP contribution in [0.25, 0.3) is 0 Å². The molecule has 1 saturated heterocycles. The molecule has 0 saturated carbocycles. The summed E-state index contributed by atoms with van der Waals surface area (Å²) >= 11 is 0. The highest BCUT2D eigenvalue weighted by Gasteiger charge is 2.37. The van der Waals surface area contributed by atoms with E-state index in [0.717, 1.165) is 0 Å². The molecule has 0 aliphatic carbocycles. The molecular formula is C14H13F6NO4S. The molecule has 1 atom stereocenters. The van der Waals surface area contributed by atoms with Gasteiger partial charge in [-0.25, -0.2) is 8.42 Å². The van der Waals surface area contributed by atoms with Crippen LogP contribution in [0.5, 0.6) is 5.75 Å². The topological polar surface area (TPSA) is 72.5 Å². The summed E-state index contributed by atoms with van der Waals surface area (Å²) in [7, 11) is -3.26. The number of carbonyl (C=O) groups excluding carboxylic acids is 1. The first-order valence-corrected chi connectivity index (χ1v) is 9.00. The van der Waals surface area contributed by atoms with E-state index in [1.54, 1.807) is 0 Å². The molecule has 1 aliphatic heterocycles. The van der Waals surface area contributed by atoms with Crippen LogP contribution >= 0.6 is 0 Å². The number of carbonyl (C=O) groups is 1. The van der Waals surface area contributed by atoms with Crippen molar-refractivity contribution in [2.24, 2.45) is 0 Å². The molecule has 1 unspecified atom stereocenters. The number of rotatable bonds is 4. The Hall–Kier alpha value is -1.98. The standard InChI is InChI=1S/C14H13F6NO4S/c15-13(16,17)8-3-9(14(18,19)20)5-11(4-8)25-6-12(22)21-10-1-2-26(23,24)7-10/h3-5,10H,1-2,6-7H2,(H,21,22). The Kier molecular flexibility index (Phi) is 5.45. The molecule has 146 valence electrons. The maximum absolute atomic E-state index is 12.7. The number of alkyl halides is 6. The smallest absolute Gasteiger partial charge is 0.416 e. The first-order valence-electron chi connectivity index (χ1n) is 7.18. The number of halogens is 6. The van der Waals surface area contributed by atoms with Crippen molar-refractivity contribution in [2.75, 3.05) is 18.1 Å². The summed E-state index contributed by atoms with van der Waals surface area (Å²) in [5.41, 5.74) is -3.13. The Morgan fingerprint density at radius 1 is 1.08 bits per heavy atom. The summed E-state index contributed by atoms with van der Waals surface area (Å²) in [6, 6.07) is -0.0233. The Labute approximate surface area is 144 Å². The average molecular weight is 405 g/mol. The summed E-state index contributed by atoms with van der Waals surface area (Å²) in [6.45, 7) is -0.852. The normalized spacial score (nSPS) is 20.0. The van der Waals surface area contributed by atoms with Crippen molar-refractivity contribution < 1.29 is 44.3 Å². The summed E-state index contributed by atoms with van der Waals surface area (Å²) in [4.78, 5) is 11.7. The first kappa shape index (κ1) is 20.3. The molecule has 0 spiro atoms. The Morgan fingerprint density at radius 3 is 2.04 bits per heavy atom. The van der Waals surface area contributed by atoms with Gasteiger partial charge in [-0.15, -0.1) is 0 Å². The fourth-order valence-electron chi connectivity index (χ4n) is 2.34. The van der Waals surface area contributed by atoms with E-state index in [1.807, 2.05) is 0 Å². The Morgan fingerprint density at radius 2 is 1.62 bits per heavy atom. The highest BCUT2D eigenvalue weighted by Crippen LogP contribution is 2.38. The van der Waals surface area contributed by atoms with E-state index < -0.39 is 57.6 Å². The van der Waals surface area contributed by atoms with E-state index in [0.29, 0.717) is 12.1 Å². The third-order valence-corrected chi connectivity index (χ3v) is 5.30. The third kappa shape index (κ3) is 5.51. The highest BCUT2D eigenvalue weighted by atomic mass is 32.2. The van der Waals surface area contributed by atoms with Gasteiger partial charge in [-0.3, -0.25) is 4.79 Å². The fraction of sp³-hybridized carbons (Fsp3) is 0.500. The monoisotopic (exact) mass is 405 g/mol. The van der Waals surface area contributed by atoms with E-state index in [1.165, 1.54) is 0 Å². The predicted molar refractivity (Wildman–Crippen MR) is 77.1 cm³/mol. The maximum atomic E-state index is 12.7. The van der Waals surface area contributed by atoms with Crippen LogP contribution in [0.2, 0.25) is 0 Å². The molecular weight excluding hydrogens is 392 g/mol. The van der Waals surface area contributed by atoms with Crippen LogP contribution in [0.15, 0.2) is 18.2 Å². The van der Waals surface area contributed by atoms with Gasteiger partial charge in [0.1, 0.15) is 5.75 Å². The molecule has 5 nitrogen and oxygen atoms in total. The maximum Gasteiger partial charge on any atom is 0.416 e. The molecule has 0 radical (unpaired) electrons. The second-order valence-corrected chi connectivity index (χ2v) is 7.93. The minimum atomic E-state index is -5.03. The van der Waals surface area contributed by atoms with Crippen molar-refractivity contribution in [3.63, 3.8) is 0 Å². The van der Waals surface area contributed by atoms with Gasteiger partial charge >= 0.3 is 12.4 Å². The van der Waals surface area contributed by atoms with Crippen LogP contribution in [-0.2, 0) is 27.0 Å². The molecule has 26 heavy (non-hydrogen) atoms. The molecule has 1 aliphatic rings. The van der Waals surface area contributed by atoms with Crippen LogP contribution in [-0.4, -0.2) is 38.5 Å². The Bertz CT molecular complexity index is 755. The molecule has 0 bridgehead atoms. The minimum absolute atomic E-state index is 0.0592. The van der Waals surface area contributed by atoms with E-state index in [4.69, 9.17) is 4.74 Å². The molecule has 1 amide bonds. The summed E-state index contributed by atoms with van der Waals surface area (Å²) < 4.78 is 104. The molecule has 12 heteroatoms. The lowest BCUT2D eigenvalue weighted by Crippen LogP contribution is -2.38. The molecule has 1 aromatic rings. The van der Waals surface area contributed by atoms with Crippen molar-refractivity contribution in [3.05, 3.63) is 29.3 Å². The van der Waals surface area contributed by atoms with Crippen LogP contribution in [0.1, 0.15) is 17.5 Å². The zero-order chi connectivity index (χ0) is 19.8. The van der Waals surface area contributed by atoms with Crippen molar-refractivity contribution in [3.8, 4) is 5.75 Å². The quantitative estimate of drug-likeness (QED) is 0.781. The zero-order valence-electron chi connectivity index (χ0n) is 12.9. The van der Waals surface area contributed by atoms with Gasteiger partial charge in [0.15, 0.2) is 16.4 Å². The lowest BCUT2D eigenvalue weighted by atomic mass is 10.1. The number of benzene rings is 1. The molecule has 2 rings (SSSR count). The predicted octanol–water partition coefficient (Wildman–Crippen LogP) is 2.41. The van der Waals surface area contributed by atoms with E-state index in [9.17, 15) is 39.6 Å². The van der Waals surface area contributed by atoms with Crippen molar-refractivity contribution in [1.82, 2.24) is 5.32 Å². The number of nitrogens with one attached hydrogen (secondary N) is 1. The minimum Gasteiger partial charge on any atom is -0.484 e. The van der Waals surface area contributed by atoms with Gasteiger partial charge in [-0.05, 0) is 24.6 Å². The lowest BCUT2D eigenvalue weighted by Gasteiger charge is -2.15. The van der Waals surface area contributed by atoms with E-state index in [2.05, 4.69) is 5.32 Å². The van der Waals surface area contributed by atoms with E-state index >= 15 is 0 Å². The van der Waals surface area contributed by atoms with Gasteiger partial charge in [-0.2, -0.15) is 26.3 Å². The summed E-state index contributed by atoms with van der Waals surface area (Å²) in [5.74, 6) is -2.01.